The molecule has 1 aliphatic rings. The van der Waals surface area contributed by atoms with Crippen LogP contribution in [0.15, 0.2) is 18.2 Å². The van der Waals surface area contributed by atoms with E-state index in [0.717, 1.165) is 36.0 Å². The largest absolute Gasteiger partial charge is 0.462 e. The second kappa shape index (κ2) is 4.43. The van der Waals surface area contributed by atoms with Crippen LogP contribution in [0.2, 0.25) is 0 Å². The quantitative estimate of drug-likeness (QED) is 0.774. The Kier molecular flexibility index (Phi) is 2.75. The van der Waals surface area contributed by atoms with Gasteiger partial charge in [0.1, 0.15) is 0 Å². The Balaban J connectivity index is 2.29. The van der Waals surface area contributed by atoms with Crippen molar-refractivity contribution in [1.29, 1.82) is 5.26 Å². The zero-order valence-electron chi connectivity index (χ0n) is 10.8. The molecule has 4 heteroatoms. The molecule has 4 nitrogen and oxygen atoms in total. The number of fused-ring (bicyclic) bond motifs is 3. The van der Waals surface area contributed by atoms with E-state index in [0.29, 0.717) is 17.7 Å². The molecule has 0 aliphatic carbocycles. The monoisotopic (exact) mass is 254 g/mol. The molecule has 0 radical (unpaired) electrons. The number of esters is 1. The van der Waals surface area contributed by atoms with Crippen LogP contribution >= 0.6 is 0 Å². The molecular formula is C15H14N2O2. The van der Waals surface area contributed by atoms with E-state index in [1.54, 1.807) is 19.1 Å². The molecular weight excluding hydrogens is 240 g/mol. The highest BCUT2D eigenvalue weighted by molar-refractivity contribution is 6.06. The maximum absolute atomic E-state index is 12.2. The Hall–Kier alpha value is -2.28. The van der Waals surface area contributed by atoms with Gasteiger partial charge in [-0.1, -0.05) is 0 Å². The molecule has 96 valence electrons. The van der Waals surface area contributed by atoms with Crippen molar-refractivity contribution in [2.45, 2.75) is 26.3 Å². The highest BCUT2D eigenvalue weighted by Crippen LogP contribution is 2.32. The van der Waals surface area contributed by atoms with Crippen LogP contribution in [-0.2, 0) is 17.7 Å². The van der Waals surface area contributed by atoms with Crippen LogP contribution in [-0.4, -0.2) is 17.1 Å². The van der Waals surface area contributed by atoms with Crippen LogP contribution in [0.1, 0.15) is 35.0 Å². The number of ether oxygens (including phenoxy) is 1. The first-order chi connectivity index (χ1) is 9.26. The van der Waals surface area contributed by atoms with E-state index in [2.05, 4.69) is 10.6 Å². The molecule has 0 spiro atoms. The van der Waals surface area contributed by atoms with Crippen molar-refractivity contribution in [3.63, 3.8) is 0 Å². The highest BCUT2D eigenvalue weighted by atomic mass is 16.5. The summed E-state index contributed by atoms with van der Waals surface area (Å²) < 4.78 is 7.33. The maximum Gasteiger partial charge on any atom is 0.340 e. The van der Waals surface area contributed by atoms with Gasteiger partial charge in [-0.05, 0) is 38.0 Å². The third-order valence-electron chi connectivity index (χ3n) is 3.58. The lowest BCUT2D eigenvalue weighted by atomic mass is 10.1. The van der Waals surface area contributed by atoms with Crippen molar-refractivity contribution >= 4 is 16.9 Å². The number of rotatable bonds is 2. The van der Waals surface area contributed by atoms with E-state index in [1.165, 1.54) is 0 Å². The average molecular weight is 254 g/mol. The lowest BCUT2D eigenvalue weighted by molar-refractivity contribution is 0.0527. The molecule has 1 aromatic heterocycles. The van der Waals surface area contributed by atoms with Crippen molar-refractivity contribution in [3.8, 4) is 6.07 Å². The summed E-state index contributed by atoms with van der Waals surface area (Å²) in [6.07, 6.45) is 1.95. The Morgan fingerprint density at radius 2 is 2.37 bits per heavy atom. The number of aryl methyl sites for hydroxylation is 1. The zero-order chi connectivity index (χ0) is 13.4. The van der Waals surface area contributed by atoms with Crippen molar-refractivity contribution in [1.82, 2.24) is 4.57 Å². The number of carbonyl (C=O) groups is 1. The van der Waals surface area contributed by atoms with Gasteiger partial charge in [0.25, 0.3) is 0 Å². The molecule has 3 rings (SSSR count). The Labute approximate surface area is 111 Å². The molecule has 0 saturated carbocycles. The van der Waals surface area contributed by atoms with E-state index >= 15 is 0 Å². The third-order valence-corrected chi connectivity index (χ3v) is 3.58. The minimum atomic E-state index is -0.279. The van der Waals surface area contributed by atoms with Gasteiger partial charge in [-0.3, -0.25) is 0 Å². The zero-order valence-corrected chi connectivity index (χ0v) is 10.8. The molecule has 19 heavy (non-hydrogen) atoms. The van der Waals surface area contributed by atoms with Crippen molar-refractivity contribution in [3.05, 3.63) is 35.0 Å². The summed E-state index contributed by atoms with van der Waals surface area (Å²) in [4.78, 5) is 12.2. The number of hydrogen-bond donors (Lipinski definition) is 0. The van der Waals surface area contributed by atoms with Crippen LogP contribution in [0.3, 0.4) is 0 Å². The lowest BCUT2D eigenvalue weighted by Gasteiger charge is -2.02. The predicted octanol–water partition coefficient (Wildman–Crippen LogP) is 2.64. The normalized spacial score (nSPS) is 13.3. The van der Waals surface area contributed by atoms with Gasteiger partial charge in [0, 0.05) is 23.1 Å². The number of nitriles is 1. The molecule has 2 heterocycles. The van der Waals surface area contributed by atoms with Gasteiger partial charge < -0.3 is 9.30 Å². The lowest BCUT2D eigenvalue weighted by Crippen LogP contribution is -2.06. The number of aromatic nitrogens is 1. The van der Waals surface area contributed by atoms with Gasteiger partial charge in [0.2, 0.25) is 0 Å². The van der Waals surface area contributed by atoms with Crippen LogP contribution in [0, 0.1) is 11.3 Å². The first-order valence-corrected chi connectivity index (χ1v) is 6.48. The number of hydrogen-bond acceptors (Lipinski definition) is 3. The number of benzene rings is 1. The summed E-state index contributed by atoms with van der Waals surface area (Å²) in [7, 11) is 0. The molecule has 0 atom stereocenters. The first-order valence-electron chi connectivity index (χ1n) is 6.48. The third kappa shape index (κ3) is 1.70. The molecule has 0 saturated heterocycles. The summed E-state index contributed by atoms with van der Waals surface area (Å²) in [5.41, 5.74) is 3.28. The van der Waals surface area contributed by atoms with Crippen LogP contribution in [0.4, 0.5) is 0 Å². The second-order valence-corrected chi connectivity index (χ2v) is 4.64. The fraction of sp³-hybridized carbons (Fsp3) is 0.333. The van der Waals surface area contributed by atoms with Crippen molar-refractivity contribution in [2.75, 3.05) is 6.61 Å². The van der Waals surface area contributed by atoms with E-state index in [4.69, 9.17) is 10.00 Å². The molecule has 0 N–H and O–H groups in total. The summed E-state index contributed by atoms with van der Waals surface area (Å²) in [6, 6.07) is 7.62. The van der Waals surface area contributed by atoms with Crippen molar-refractivity contribution < 1.29 is 9.53 Å². The number of carbonyl (C=O) groups excluding carboxylic acids is 1. The van der Waals surface area contributed by atoms with Gasteiger partial charge in [-0.25, -0.2) is 4.79 Å². The standard InChI is InChI=1S/C15H14N2O2/c1-2-19-15(18)14-11-8-10(9-16)5-6-12(11)17-7-3-4-13(14)17/h5-6,8H,2-4,7H2,1H3. The van der Waals surface area contributed by atoms with Gasteiger partial charge in [-0.2, -0.15) is 5.26 Å². The molecule has 0 bridgehead atoms. The van der Waals surface area contributed by atoms with Crippen LogP contribution < -0.4 is 0 Å². The summed E-state index contributed by atoms with van der Waals surface area (Å²) in [5, 5.41) is 9.84. The topological polar surface area (TPSA) is 55.0 Å². The van der Waals surface area contributed by atoms with E-state index in [9.17, 15) is 4.79 Å². The molecule has 0 unspecified atom stereocenters. The summed E-state index contributed by atoms with van der Waals surface area (Å²) in [6.45, 7) is 3.09. The fourth-order valence-corrected chi connectivity index (χ4v) is 2.83. The fourth-order valence-electron chi connectivity index (χ4n) is 2.83. The van der Waals surface area contributed by atoms with Crippen LogP contribution in [0.5, 0.6) is 0 Å². The van der Waals surface area contributed by atoms with Crippen LogP contribution in [0.25, 0.3) is 10.9 Å². The molecule has 0 fully saturated rings. The van der Waals surface area contributed by atoms with E-state index in [1.807, 2.05) is 6.07 Å². The van der Waals surface area contributed by atoms with Gasteiger partial charge in [0.15, 0.2) is 0 Å². The first kappa shape index (κ1) is 11.8. The summed E-state index contributed by atoms with van der Waals surface area (Å²) >= 11 is 0. The molecule has 2 aromatic rings. The average Bonchev–Trinajstić information content (AvgIpc) is 2.97. The van der Waals surface area contributed by atoms with Gasteiger partial charge in [0.05, 0.1) is 23.8 Å². The van der Waals surface area contributed by atoms with Gasteiger partial charge >= 0.3 is 5.97 Å². The maximum atomic E-state index is 12.2. The second-order valence-electron chi connectivity index (χ2n) is 4.64. The SMILES string of the molecule is CCOC(=O)c1c2n(c3ccc(C#N)cc13)CCC2. The molecule has 0 amide bonds. The minimum Gasteiger partial charge on any atom is -0.462 e. The Morgan fingerprint density at radius 3 is 3.11 bits per heavy atom. The smallest absolute Gasteiger partial charge is 0.340 e. The minimum absolute atomic E-state index is 0.279. The number of nitrogens with zero attached hydrogens (tertiary/aromatic N) is 2. The van der Waals surface area contributed by atoms with Crippen molar-refractivity contribution in [2.24, 2.45) is 0 Å². The van der Waals surface area contributed by atoms with E-state index < -0.39 is 0 Å². The highest BCUT2D eigenvalue weighted by Gasteiger charge is 2.26. The summed E-state index contributed by atoms with van der Waals surface area (Å²) in [5.74, 6) is -0.279. The molecule has 1 aliphatic heterocycles. The van der Waals surface area contributed by atoms with Gasteiger partial charge in [-0.15, -0.1) is 0 Å². The van der Waals surface area contributed by atoms with E-state index in [-0.39, 0.29) is 5.97 Å². The predicted molar refractivity (Wildman–Crippen MR) is 70.9 cm³/mol. The Morgan fingerprint density at radius 1 is 1.53 bits per heavy atom. The molecule has 1 aromatic carbocycles. The Bertz CT molecular complexity index is 707.